The molecule has 0 fully saturated rings. The predicted octanol–water partition coefficient (Wildman–Crippen LogP) is 4.83. The number of benzene rings is 1. The second-order valence-electron chi connectivity index (χ2n) is 4.35. The van der Waals surface area contributed by atoms with E-state index in [1.165, 1.54) is 29.5 Å². The Morgan fingerprint density at radius 3 is 2.53 bits per heavy atom. The Labute approximate surface area is 94.0 Å². The first-order valence-corrected chi connectivity index (χ1v) is 5.90. The van der Waals surface area contributed by atoms with Gasteiger partial charge in [-0.3, -0.25) is 0 Å². The molecule has 0 saturated carbocycles. The molecule has 0 amide bonds. The molecule has 0 N–H and O–H groups in total. The number of rotatable bonds is 4. The Kier molecular flexibility index (Phi) is 4.61. The molecule has 1 atom stereocenters. The zero-order chi connectivity index (χ0) is 11.3. The summed E-state index contributed by atoms with van der Waals surface area (Å²) in [6, 6.07) is 8.65. The summed E-state index contributed by atoms with van der Waals surface area (Å²) in [5, 5.41) is 0. The fourth-order valence-electron chi connectivity index (χ4n) is 1.84. The molecular weight excluding hydrogens is 180 g/mol. The van der Waals surface area contributed by atoms with E-state index in [2.05, 4.69) is 58.0 Å². The Balaban J connectivity index is 2.89. The van der Waals surface area contributed by atoms with E-state index in [4.69, 9.17) is 0 Å². The van der Waals surface area contributed by atoms with Crippen molar-refractivity contribution in [2.45, 2.75) is 40.5 Å². The summed E-state index contributed by atoms with van der Waals surface area (Å²) in [7, 11) is 0. The molecule has 82 valence electrons. The van der Waals surface area contributed by atoms with Gasteiger partial charge in [-0.2, -0.15) is 0 Å². The molecule has 0 heterocycles. The fourth-order valence-corrected chi connectivity index (χ4v) is 1.84. The second kappa shape index (κ2) is 5.75. The van der Waals surface area contributed by atoms with E-state index < -0.39 is 0 Å². The van der Waals surface area contributed by atoms with Gasteiger partial charge in [0.05, 0.1) is 0 Å². The summed E-state index contributed by atoms with van der Waals surface area (Å²) in [6.45, 7) is 8.91. The molecule has 1 aromatic carbocycles. The van der Waals surface area contributed by atoms with Gasteiger partial charge >= 0.3 is 0 Å². The largest absolute Gasteiger partial charge is 0.0838 e. The van der Waals surface area contributed by atoms with Crippen LogP contribution in [0.2, 0.25) is 0 Å². The van der Waals surface area contributed by atoms with Gasteiger partial charge in [-0.05, 0) is 42.9 Å². The van der Waals surface area contributed by atoms with Gasteiger partial charge in [0.25, 0.3) is 0 Å². The molecule has 0 nitrogen and oxygen atoms in total. The number of hydrogen-bond donors (Lipinski definition) is 0. The highest BCUT2D eigenvalue weighted by Gasteiger charge is 2.07. The van der Waals surface area contributed by atoms with E-state index in [0.717, 1.165) is 5.92 Å². The average molecular weight is 202 g/mol. The molecule has 0 aliphatic carbocycles. The Bertz CT molecular complexity index is 334. The van der Waals surface area contributed by atoms with Gasteiger partial charge in [-0.25, -0.2) is 0 Å². The third-order valence-corrected chi connectivity index (χ3v) is 3.10. The zero-order valence-electron chi connectivity index (χ0n) is 10.4. The Morgan fingerprint density at radius 1 is 1.33 bits per heavy atom. The van der Waals surface area contributed by atoms with Gasteiger partial charge in [0.15, 0.2) is 0 Å². The van der Waals surface area contributed by atoms with Crippen LogP contribution in [0.5, 0.6) is 0 Å². The third-order valence-electron chi connectivity index (χ3n) is 3.10. The van der Waals surface area contributed by atoms with Crippen LogP contribution in [0, 0.1) is 12.8 Å². The molecule has 0 aliphatic heterocycles. The van der Waals surface area contributed by atoms with Crippen molar-refractivity contribution in [3.05, 3.63) is 41.5 Å². The van der Waals surface area contributed by atoms with Gasteiger partial charge in [-0.15, -0.1) is 0 Å². The molecule has 0 spiro atoms. The number of aryl methyl sites for hydroxylation is 1. The van der Waals surface area contributed by atoms with Crippen LogP contribution in [0.3, 0.4) is 0 Å². The second-order valence-corrected chi connectivity index (χ2v) is 4.35. The van der Waals surface area contributed by atoms with Gasteiger partial charge in [0, 0.05) is 0 Å². The minimum atomic E-state index is 0.774. The molecule has 0 saturated heterocycles. The molecule has 1 aromatic rings. The minimum Gasteiger partial charge on any atom is -0.0838 e. The van der Waals surface area contributed by atoms with E-state index in [-0.39, 0.29) is 0 Å². The highest BCUT2D eigenvalue weighted by atomic mass is 14.1. The SMILES string of the molecule is C/C=C(/C[C@H](C)CC)c1ccccc1C. The van der Waals surface area contributed by atoms with Crippen LogP contribution in [-0.4, -0.2) is 0 Å². The van der Waals surface area contributed by atoms with E-state index >= 15 is 0 Å². The first-order chi connectivity index (χ1) is 7.19. The van der Waals surface area contributed by atoms with Crippen molar-refractivity contribution in [3.63, 3.8) is 0 Å². The van der Waals surface area contributed by atoms with Gasteiger partial charge in [0.1, 0.15) is 0 Å². The van der Waals surface area contributed by atoms with Crippen molar-refractivity contribution in [1.29, 1.82) is 0 Å². The maximum absolute atomic E-state index is 2.32. The molecule has 0 bridgehead atoms. The molecule has 0 aromatic heterocycles. The normalized spacial score (nSPS) is 14.0. The van der Waals surface area contributed by atoms with E-state index in [1.54, 1.807) is 0 Å². The highest BCUT2D eigenvalue weighted by Crippen LogP contribution is 2.26. The van der Waals surface area contributed by atoms with E-state index in [0.29, 0.717) is 0 Å². The average Bonchev–Trinajstić information content (AvgIpc) is 2.26. The molecule has 0 heteroatoms. The lowest BCUT2D eigenvalue weighted by atomic mass is 9.91. The maximum atomic E-state index is 2.32. The lowest BCUT2D eigenvalue weighted by molar-refractivity contribution is 0.579. The number of hydrogen-bond acceptors (Lipinski definition) is 0. The van der Waals surface area contributed by atoms with Crippen molar-refractivity contribution in [1.82, 2.24) is 0 Å². The van der Waals surface area contributed by atoms with Crippen LogP contribution in [0.4, 0.5) is 0 Å². The first kappa shape index (κ1) is 12.0. The third kappa shape index (κ3) is 3.23. The van der Waals surface area contributed by atoms with Crippen LogP contribution in [0.25, 0.3) is 5.57 Å². The number of allylic oxidation sites excluding steroid dienone is 2. The first-order valence-electron chi connectivity index (χ1n) is 5.90. The molecular formula is C15H22. The zero-order valence-corrected chi connectivity index (χ0v) is 10.4. The van der Waals surface area contributed by atoms with E-state index in [1.807, 2.05) is 0 Å². The standard InChI is InChI=1S/C15H22/c1-5-12(3)11-14(6-2)15-10-8-7-9-13(15)4/h6-10,12H,5,11H2,1-4H3/b14-6-/t12-/m1/s1. The monoisotopic (exact) mass is 202 g/mol. The lowest BCUT2D eigenvalue weighted by Gasteiger charge is -2.14. The van der Waals surface area contributed by atoms with E-state index in [9.17, 15) is 0 Å². The summed E-state index contributed by atoms with van der Waals surface area (Å²) in [5.74, 6) is 0.774. The van der Waals surface area contributed by atoms with Crippen molar-refractivity contribution < 1.29 is 0 Å². The lowest BCUT2D eigenvalue weighted by Crippen LogP contribution is -1.96. The van der Waals surface area contributed by atoms with Crippen molar-refractivity contribution in [3.8, 4) is 0 Å². The topological polar surface area (TPSA) is 0 Å². The van der Waals surface area contributed by atoms with Gasteiger partial charge in [-0.1, -0.05) is 50.6 Å². The minimum absolute atomic E-state index is 0.774. The van der Waals surface area contributed by atoms with Gasteiger partial charge in [0.2, 0.25) is 0 Å². The highest BCUT2D eigenvalue weighted by molar-refractivity contribution is 5.67. The van der Waals surface area contributed by atoms with Crippen molar-refractivity contribution in [2.24, 2.45) is 5.92 Å². The van der Waals surface area contributed by atoms with Crippen LogP contribution in [-0.2, 0) is 0 Å². The Morgan fingerprint density at radius 2 is 2.00 bits per heavy atom. The molecule has 0 radical (unpaired) electrons. The summed E-state index contributed by atoms with van der Waals surface area (Å²) < 4.78 is 0. The van der Waals surface area contributed by atoms with Crippen molar-refractivity contribution in [2.75, 3.05) is 0 Å². The van der Waals surface area contributed by atoms with Crippen LogP contribution < -0.4 is 0 Å². The molecule has 15 heavy (non-hydrogen) atoms. The van der Waals surface area contributed by atoms with Gasteiger partial charge < -0.3 is 0 Å². The predicted molar refractivity (Wildman–Crippen MR) is 68.9 cm³/mol. The molecule has 0 aliphatic rings. The molecule has 0 unspecified atom stereocenters. The van der Waals surface area contributed by atoms with Crippen molar-refractivity contribution >= 4 is 5.57 Å². The molecule has 1 rings (SSSR count). The van der Waals surface area contributed by atoms with Crippen LogP contribution >= 0.6 is 0 Å². The maximum Gasteiger partial charge on any atom is -0.0198 e. The summed E-state index contributed by atoms with van der Waals surface area (Å²) in [4.78, 5) is 0. The summed E-state index contributed by atoms with van der Waals surface area (Å²) >= 11 is 0. The summed E-state index contributed by atoms with van der Waals surface area (Å²) in [6.07, 6.45) is 4.70. The fraction of sp³-hybridized carbons (Fsp3) is 0.467. The smallest absolute Gasteiger partial charge is 0.0198 e. The van der Waals surface area contributed by atoms with Crippen LogP contribution in [0.1, 0.15) is 44.7 Å². The summed E-state index contributed by atoms with van der Waals surface area (Å²) in [5.41, 5.74) is 4.29. The van der Waals surface area contributed by atoms with Crippen LogP contribution in [0.15, 0.2) is 30.3 Å². The quantitative estimate of drug-likeness (QED) is 0.655. The Hall–Kier alpha value is -1.04.